The number of benzene rings is 4. The van der Waals surface area contributed by atoms with Crippen molar-refractivity contribution in [1.29, 1.82) is 0 Å². The molecular formula is C54H56F2N6O4. The lowest BCUT2D eigenvalue weighted by Gasteiger charge is -2.46. The predicted molar refractivity (Wildman–Crippen MR) is 251 cm³/mol. The second kappa shape index (κ2) is 19.3. The molecule has 0 N–H and O–H groups in total. The third-order valence-corrected chi connectivity index (χ3v) is 13.5. The van der Waals surface area contributed by atoms with E-state index in [1.807, 2.05) is 106 Å². The number of fused-ring (bicyclic) bond motifs is 2. The van der Waals surface area contributed by atoms with E-state index >= 15 is 0 Å². The molecule has 10 nitrogen and oxygen atoms in total. The molecule has 0 bridgehead atoms. The Kier molecular flexibility index (Phi) is 13.0. The van der Waals surface area contributed by atoms with Crippen molar-refractivity contribution in [2.24, 2.45) is 0 Å². The summed E-state index contributed by atoms with van der Waals surface area (Å²) in [6, 6.07) is 25.6. The van der Waals surface area contributed by atoms with Gasteiger partial charge in [0.1, 0.15) is 23.1 Å². The Morgan fingerprint density at radius 1 is 0.576 bits per heavy atom. The van der Waals surface area contributed by atoms with Gasteiger partial charge in [-0.05, 0) is 161 Å². The van der Waals surface area contributed by atoms with E-state index in [-0.39, 0.29) is 47.6 Å². The molecule has 2 aromatic heterocycles. The second-order valence-electron chi connectivity index (χ2n) is 17.9. The molecule has 0 unspecified atom stereocenters. The number of nitrogens with zero attached hydrogens (tertiary/aromatic N) is 6. The molecule has 0 radical (unpaired) electrons. The van der Waals surface area contributed by atoms with Crippen LogP contribution in [0.4, 0.5) is 8.78 Å². The third-order valence-electron chi connectivity index (χ3n) is 13.5. The number of rotatable bonds is 8. The number of hydrogen-bond acceptors (Lipinski definition) is 6. The molecule has 4 aliphatic rings. The number of aryl methyl sites for hydroxylation is 2. The molecule has 4 aliphatic heterocycles. The van der Waals surface area contributed by atoms with Crippen molar-refractivity contribution in [3.8, 4) is 22.9 Å². The van der Waals surface area contributed by atoms with Crippen molar-refractivity contribution in [2.45, 2.75) is 102 Å². The molecule has 12 heteroatoms. The summed E-state index contributed by atoms with van der Waals surface area (Å²) in [6.45, 7) is 3.89. The molecule has 2 amide bonds. The average Bonchev–Trinajstić information content (AvgIpc) is 3.98. The summed E-state index contributed by atoms with van der Waals surface area (Å²) in [7, 11) is 3.29. The number of imidazole rings is 2. The Morgan fingerprint density at radius 2 is 1.02 bits per heavy atom. The summed E-state index contributed by atoms with van der Waals surface area (Å²) < 4.78 is 42.9. The summed E-state index contributed by atoms with van der Waals surface area (Å²) >= 11 is 0. The van der Waals surface area contributed by atoms with Crippen LogP contribution in [-0.2, 0) is 9.59 Å². The van der Waals surface area contributed by atoms with Gasteiger partial charge >= 0.3 is 0 Å². The minimum Gasteiger partial charge on any atom is -0.495 e. The zero-order valence-electron chi connectivity index (χ0n) is 38.0. The molecule has 4 atom stereocenters. The number of aromatic nitrogens is 4. The molecule has 6 aromatic rings. The molecule has 340 valence electrons. The highest BCUT2D eigenvalue weighted by atomic mass is 19.1. The Hall–Kier alpha value is -6.82. The van der Waals surface area contributed by atoms with E-state index in [0.29, 0.717) is 0 Å². The van der Waals surface area contributed by atoms with Crippen LogP contribution in [0.2, 0.25) is 0 Å². The van der Waals surface area contributed by atoms with Crippen LogP contribution in [-0.4, -0.2) is 67.0 Å². The van der Waals surface area contributed by atoms with Crippen molar-refractivity contribution in [3.05, 3.63) is 166 Å². The van der Waals surface area contributed by atoms with Crippen LogP contribution in [0.3, 0.4) is 0 Å². The van der Waals surface area contributed by atoms with Crippen LogP contribution in [0.15, 0.2) is 121 Å². The van der Waals surface area contributed by atoms with E-state index in [9.17, 15) is 18.4 Å². The van der Waals surface area contributed by atoms with Gasteiger partial charge in [-0.3, -0.25) is 9.59 Å². The van der Waals surface area contributed by atoms with Crippen molar-refractivity contribution >= 4 is 24.0 Å². The van der Waals surface area contributed by atoms with Crippen LogP contribution in [0.25, 0.3) is 23.5 Å². The lowest BCUT2D eigenvalue weighted by molar-refractivity contribution is -0.137. The minimum absolute atomic E-state index is 0.0634. The molecule has 6 heterocycles. The van der Waals surface area contributed by atoms with Crippen LogP contribution >= 0.6 is 0 Å². The number of ether oxygens (including phenoxy) is 2. The number of carbonyl (C=O) groups excluding carboxylic acids is 2. The standard InChI is InChI=1S/2C27H28FN3O2/c2*1-18-16-30(17-29-18)25-12-9-19(14-26(25)33-2)13-21-10-11-23-7-4-8-24(31(23)27(21)32)20-5-3-6-22(28)15-20/h2*3,5-6,9,12-17,23-24H,4,7-8,10-11H2,1-2H3/b2*21-13+/t2*23-,24+/m10/s1. The van der Waals surface area contributed by atoms with Gasteiger partial charge in [0.15, 0.2) is 0 Å². The van der Waals surface area contributed by atoms with Gasteiger partial charge in [0, 0.05) is 35.6 Å². The van der Waals surface area contributed by atoms with Gasteiger partial charge in [-0.1, -0.05) is 36.4 Å². The van der Waals surface area contributed by atoms with Gasteiger partial charge < -0.3 is 28.4 Å². The lowest BCUT2D eigenvalue weighted by atomic mass is 9.84. The highest BCUT2D eigenvalue weighted by Gasteiger charge is 2.41. The summed E-state index contributed by atoms with van der Waals surface area (Å²) in [4.78, 5) is 39.8. The smallest absolute Gasteiger partial charge is 0.250 e. The van der Waals surface area contributed by atoms with Crippen LogP contribution < -0.4 is 9.47 Å². The zero-order valence-corrected chi connectivity index (χ0v) is 38.0. The van der Waals surface area contributed by atoms with Crippen LogP contribution in [0, 0.1) is 25.5 Å². The first-order chi connectivity index (χ1) is 32.1. The fourth-order valence-corrected chi connectivity index (χ4v) is 10.4. The van der Waals surface area contributed by atoms with Crippen molar-refractivity contribution in [3.63, 3.8) is 0 Å². The molecule has 10 rings (SSSR count). The number of methoxy groups -OCH3 is 2. The zero-order chi connectivity index (χ0) is 45.9. The van der Waals surface area contributed by atoms with Crippen LogP contribution in [0.5, 0.6) is 11.5 Å². The van der Waals surface area contributed by atoms with E-state index in [1.165, 1.54) is 12.1 Å². The maximum Gasteiger partial charge on any atom is 0.250 e. The SMILES string of the molecule is COc1cc(/C=C2\CC[C@@H]3CCC[C@H](c4cccc(F)c4)N3C2=O)ccc1-n1cnc(C)c1.COc1cc(/C=C2\CC[C@H]3CCC[C@@H](c4cccc(F)c4)N3C2=O)ccc1-n1cnc(C)c1. The molecule has 4 fully saturated rings. The van der Waals surface area contributed by atoms with Gasteiger partial charge in [-0.15, -0.1) is 0 Å². The van der Waals surface area contributed by atoms with Crippen molar-refractivity contribution < 1.29 is 27.8 Å². The Labute approximate surface area is 385 Å². The number of piperidine rings is 4. The average molecular weight is 891 g/mol. The Morgan fingerprint density at radius 3 is 1.39 bits per heavy atom. The fourth-order valence-electron chi connectivity index (χ4n) is 10.4. The topological polar surface area (TPSA) is 94.7 Å². The highest BCUT2D eigenvalue weighted by molar-refractivity contribution is 6.00. The summed E-state index contributed by atoms with van der Waals surface area (Å²) in [5.74, 6) is 1.06. The summed E-state index contributed by atoms with van der Waals surface area (Å²) in [5, 5.41) is 0. The quantitative estimate of drug-likeness (QED) is 0.141. The second-order valence-corrected chi connectivity index (χ2v) is 17.9. The number of hydrogen-bond donors (Lipinski definition) is 0. The molecule has 0 aliphatic carbocycles. The van der Waals surface area contributed by atoms with E-state index in [1.54, 1.807) is 51.1 Å². The number of amides is 2. The van der Waals surface area contributed by atoms with Crippen molar-refractivity contribution in [1.82, 2.24) is 28.9 Å². The van der Waals surface area contributed by atoms with Gasteiger partial charge in [-0.25, -0.2) is 18.7 Å². The Bertz CT molecular complexity index is 2620. The normalized spacial score (nSPS) is 21.8. The summed E-state index contributed by atoms with van der Waals surface area (Å²) in [6.07, 6.45) is 20.6. The van der Waals surface area contributed by atoms with E-state index in [0.717, 1.165) is 132 Å². The molecule has 4 aromatic carbocycles. The molecular weight excluding hydrogens is 835 g/mol. The first kappa shape index (κ1) is 44.4. The predicted octanol–water partition coefficient (Wildman–Crippen LogP) is 11.3. The van der Waals surface area contributed by atoms with E-state index < -0.39 is 0 Å². The van der Waals surface area contributed by atoms with E-state index in [2.05, 4.69) is 9.97 Å². The van der Waals surface area contributed by atoms with Gasteiger partial charge in [0.25, 0.3) is 11.8 Å². The minimum atomic E-state index is -0.255. The van der Waals surface area contributed by atoms with Gasteiger partial charge in [0.05, 0.1) is 61.7 Å². The van der Waals surface area contributed by atoms with Crippen LogP contribution in [0.1, 0.15) is 110 Å². The fraction of sp³-hybridized carbons (Fsp3) is 0.333. The first-order valence-corrected chi connectivity index (χ1v) is 23.0. The molecule has 0 spiro atoms. The maximum absolute atomic E-state index is 13.9. The molecule has 4 saturated heterocycles. The van der Waals surface area contributed by atoms with E-state index in [4.69, 9.17) is 9.47 Å². The van der Waals surface area contributed by atoms with Crippen molar-refractivity contribution in [2.75, 3.05) is 14.2 Å². The lowest BCUT2D eigenvalue weighted by Crippen LogP contribution is -2.49. The first-order valence-electron chi connectivity index (χ1n) is 23.0. The highest BCUT2D eigenvalue weighted by Crippen LogP contribution is 2.43. The van der Waals surface area contributed by atoms with Gasteiger partial charge in [0.2, 0.25) is 0 Å². The largest absolute Gasteiger partial charge is 0.495 e. The molecule has 0 saturated carbocycles. The maximum atomic E-state index is 13.9. The number of halogens is 2. The van der Waals surface area contributed by atoms with Gasteiger partial charge in [-0.2, -0.15) is 0 Å². The number of carbonyl (C=O) groups is 2. The molecule has 66 heavy (non-hydrogen) atoms. The third kappa shape index (κ3) is 9.32. The monoisotopic (exact) mass is 890 g/mol. The Balaban J connectivity index is 0.000000166. The summed E-state index contributed by atoms with van der Waals surface area (Å²) in [5.41, 5.74) is 8.87.